The fourth-order valence-electron chi connectivity index (χ4n) is 2.10. The van der Waals surface area contributed by atoms with Gasteiger partial charge in [-0.25, -0.2) is 9.67 Å². The lowest BCUT2D eigenvalue weighted by Crippen LogP contribution is -2.22. The number of hydrogen-bond acceptors (Lipinski definition) is 4. The van der Waals surface area contributed by atoms with Gasteiger partial charge in [-0.1, -0.05) is 17.7 Å². The molecule has 0 atom stereocenters. The van der Waals surface area contributed by atoms with E-state index in [4.69, 9.17) is 11.6 Å². The summed E-state index contributed by atoms with van der Waals surface area (Å²) in [5, 5.41) is 8.16. The molecule has 1 aromatic carbocycles. The molecule has 0 unspecified atom stereocenters. The Bertz CT molecular complexity index is 857. The monoisotopic (exact) mass is 341 g/mol. The fraction of sp³-hybridized carbons (Fsp3) is 0.118. The highest BCUT2D eigenvalue weighted by Crippen LogP contribution is 2.18. The summed E-state index contributed by atoms with van der Waals surface area (Å²) in [5.41, 5.74) is 1.26. The Hall–Kier alpha value is -2.86. The Morgan fingerprint density at radius 3 is 2.58 bits per heavy atom. The second-order valence-electron chi connectivity index (χ2n) is 5.36. The maximum absolute atomic E-state index is 11.9. The van der Waals surface area contributed by atoms with Gasteiger partial charge in [-0.15, -0.1) is 0 Å². The molecule has 0 saturated heterocycles. The van der Waals surface area contributed by atoms with Crippen molar-refractivity contribution in [2.24, 2.45) is 0 Å². The van der Waals surface area contributed by atoms with E-state index >= 15 is 0 Å². The Kier molecular flexibility index (Phi) is 4.48. The number of anilines is 2. The van der Waals surface area contributed by atoms with Crippen LogP contribution >= 0.6 is 11.6 Å². The zero-order valence-corrected chi connectivity index (χ0v) is 14.0. The minimum atomic E-state index is -0.149. The van der Waals surface area contributed by atoms with Crippen molar-refractivity contribution in [3.05, 3.63) is 65.4 Å². The highest BCUT2D eigenvalue weighted by atomic mass is 35.5. The summed E-state index contributed by atoms with van der Waals surface area (Å²) >= 11 is 5.88. The van der Waals surface area contributed by atoms with Crippen LogP contribution in [0.3, 0.4) is 0 Å². The summed E-state index contributed by atoms with van der Waals surface area (Å²) in [5.74, 6) is 1.14. The highest BCUT2D eigenvalue weighted by molar-refractivity contribution is 6.30. The molecule has 0 spiro atoms. The topological polar surface area (TPSA) is 63.1 Å². The van der Waals surface area contributed by atoms with Crippen LogP contribution in [0.4, 0.5) is 11.5 Å². The van der Waals surface area contributed by atoms with Crippen molar-refractivity contribution in [2.75, 3.05) is 19.4 Å². The van der Waals surface area contributed by atoms with E-state index < -0.39 is 0 Å². The van der Waals surface area contributed by atoms with Gasteiger partial charge in [-0.2, -0.15) is 5.10 Å². The van der Waals surface area contributed by atoms with E-state index in [1.54, 1.807) is 43.2 Å². The van der Waals surface area contributed by atoms with Gasteiger partial charge in [0.2, 0.25) is 0 Å². The van der Waals surface area contributed by atoms with Crippen LogP contribution in [-0.4, -0.2) is 39.7 Å². The van der Waals surface area contributed by atoms with Crippen LogP contribution in [0, 0.1) is 0 Å². The molecule has 24 heavy (non-hydrogen) atoms. The molecular weight excluding hydrogens is 326 g/mol. The van der Waals surface area contributed by atoms with Gasteiger partial charge in [0.15, 0.2) is 11.5 Å². The molecule has 3 aromatic rings. The van der Waals surface area contributed by atoms with Gasteiger partial charge in [0.25, 0.3) is 5.91 Å². The number of amides is 1. The lowest BCUT2D eigenvalue weighted by Gasteiger charge is -2.08. The van der Waals surface area contributed by atoms with Crippen molar-refractivity contribution < 1.29 is 4.79 Å². The first-order chi connectivity index (χ1) is 11.5. The molecule has 3 rings (SSSR count). The quantitative estimate of drug-likeness (QED) is 0.790. The number of aromatic nitrogens is 3. The number of carbonyl (C=O) groups excluding carboxylic acids is 1. The number of halogens is 1. The number of hydrogen-bond donors (Lipinski definition) is 1. The zero-order chi connectivity index (χ0) is 17.1. The number of pyridine rings is 1. The Balaban J connectivity index is 1.83. The molecule has 2 aromatic heterocycles. The third kappa shape index (κ3) is 3.55. The van der Waals surface area contributed by atoms with Crippen LogP contribution in [0.15, 0.2) is 54.7 Å². The number of nitrogens with one attached hydrogen (secondary N) is 1. The molecule has 6 nitrogen and oxygen atoms in total. The van der Waals surface area contributed by atoms with Gasteiger partial charge in [-0.3, -0.25) is 4.79 Å². The van der Waals surface area contributed by atoms with E-state index in [1.165, 1.54) is 4.90 Å². The van der Waals surface area contributed by atoms with Crippen molar-refractivity contribution in [2.45, 2.75) is 0 Å². The van der Waals surface area contributed by atoms with Crippen molar-refractivity contribution in [3.8, 4) is 5.82 Å². The first-order valence-corrected chi connectivity index (χ1v) is 7.68. The number of carbonyl (C=O) groups is 1. The van der Waals surface area contributed by atoms with E-state index in [-0.39, 0.29) is 5.91 Å². The molecular formula is C17H16ClN5O. The largest absolute Gasteiger partial charge is 0.343 e. The molecule has 0 radical (unpaired) electrons. The molecule has 0 saturated carbocycles. The average Bonchev–Trinajstić information content (AvgIpc) is 3.06. The van der Waals surface area contributed by atoms with Gasteiger partial charge in [-0.05, 0) is 42.5 Å². The minimum Gasteiger partial charge on any atom is -0.343 e. The molecule has 1 amide bonds. The lowest BCUT2D eigenvalue weighted by atomic mass is 10.3. The first-order valence-electron chi connectivity index (χ1n) is 7.30. The van der Waals surface area contributed by atoms with E-state index in [0.717, 1.165) is 5.69 Å². The van der Waals surface area contributed by atoms with Crippen LogP contribution in [0.2, 0.25) is 5.02 Å². The van der Waals surface area contributed by atoms with Gasteiger partial charge in [0.1, 0.15) is 5.82 Å². The molecule has 1 N–H and O–H groups in total. The smallest absolute Gasteiger partial charge is 0.273 e. The molecule has 0 bridgehead atoms. The SMILES string of the molecule is CN(C)C(=O)c1ccn(-c2cccc(Nc3ccc(Cl)cc3)n2)n1. The van der Waals surface area contributed by atoms with Crippen LogP contribution < -0.4 is 5.32 Å². The standard InChI is InChI=1S/C17H16ClN5O/c1-22(2)17(24)14-10-11-23(21-14)16-5-3-4-15(20-16)19-13-8-6-12(18)7-9-13/h3-11H,1-2H3,(H,19,20). The summed E-state index contributed by atoms with van der Waals surface area (Å²) in [7, 11) is 3.38. The summed E-state index contributed by atoms with van der Waals surface area (Å²) in [6, 6.07) is 14.6. The van der Waals surface area contributed by atoms with Gasteiger partial charge in [0, 0.05) is 31.0 Å². The van der Waals surface area contributed by atoms with Crippen LogP contribution in [-0.2, 0) is 0 Å². The van der Waals surface area contributed by atoms with Crippen LogP contribution in [0.5, 0.6) is 0 Å². The molecule has 0 fully saturated rings. The molecule has 0 aliphatic carbocycles. The molecule has 122 valence electrons. The lowest BCUT2D eigenvalue weighted by molar-refractivity contribution is 0.0821. The molecule has 0 aliphatic rings. The average molecular weight is 342 g/mol. The van der Waals surface area contributed by atoms with Crippen molar-refractivity contribution in [1.82, 2.24) is 19.7 Å². The molecule has 2 heterocycles. The van der Waals surface area contributed by atoms with E-state index in [1.807, 2.05) is 30.3 Å². The van der Waals surface area contributed by atoms with E-state index in [2.05, 4.69) is 15.4 Å². The van der Waals surface area contributed by atoms with Gasteiger partial charge in [0.05, 0.1) is 0 Å². The second kappa shape index (κ2) is 6.72. The second-order valence-corrected chi connectivity index (χ2v) is 5.79. The number of rotatable bonds is 4. The van der Waals surface area contributed by atoms with Crippen LogP contribution in [0.25, 0.3) is 5.82 Å². The summed E-state index contributed by atoms with van der Waals surface area (Å²) < 4.78 is 1.57. The number of nitrogens with zero attached hydrogens (tertiary/aromatic N) is 4. The van der Waals surface area contributed by atoms with Crippen molar-refractivity contribution >= 4 is 29.0 Å². The first kappa shape index (κ1) is 16.0. The summed E-state index contributed by atoms with van der Waals surface area (Å²) in [6.45, 7) is 0. The summed E-state index contributed by atoms with van der Waals surface area (Å²) in [4.78, 5) is 17.9. The Morgan fingerprint density at radius 1 is 1.12 bits per heavy atom. The normalized spacial score (nSPS) is 10.5. The van der Waals surface area contributed by atoms with E-state index in [9.17, 15) is 4.79 Å². The highest BCUT2D eigenvalue weighted by Gasteiger charge is 2.12. The predicted molar refractivity (Wildman–Crippen MR) is 94.1 cm³/mol. The van der Waals surface area contributed by atoms with Gasteiger partial charge >= 0.3 is 0 Å². The number of benzene rings is 1. The third-order valence-electron chi connectivity index (χ3n) is 3.30. The maximum Gasteiger partial charge on any atom is 0.273 e. The molecule has 0 aliphatic heterocycles. The Labute approximate surface area is 144 Å². The van der Waals surface area contributed by atoms with Gasteiger partial charge < -0.3 is 10.2 Å². The third-order valence-corrected chi connectivity index (χ3v) is 3.55. The van der Waals surface area contributed by atoms with Crippen molar-refractivity contribution in [1.29, 1.82) is 0 Å². The summed E-state index contributed by atoms with van der Waals surface area (Å²) in [6.07, 6.45) is 1.71. The maximum atomic E-state index is 11.9. The molecule has 7 heteroatoms. The minimum absolute atomic E-state index is 0.149. The zero-order valence-electron chi connectivity index (χ0n) is 13.3. The predicted octanol–water partition coefficient (Wildman–Crippen LogP) is 3.37. The Morgan fingerprint density at radius 2 is 1.88 bits per heavy atom. The van der Waals surface area contributed by atoms with Crippen LogP contribution in [0.1, 0.15) is 10.5 Å². The fourth-order valence-corrected chi connectivity index (χ4v) is 2.22. The van der Waals surface area contributed by atoms with Crippen molar-refractivity contribution in [3.63, 3.8) is 0 Å². The van der Waals surface area contributed by atoms with E-state index in [0.29, 0.717) is 22.4 Å².